The molecule has 0 amide bonds. The molecule has 0 radical (unpaired) electrons. The summed E-state index contributed by atoms with van der Waals surface area (Å²) in [5.41, 5.74) is 0.854. The first-order valence-electron chi connectivity index (χ1n) is 5.04. The second-order valence-corrected chi connectivity index (χ2v) is 6.76. The highest BCUT2D eigenvalue weighted by molar-refractivity contribution is 7.88. The Labute approximate surface area is 105 Å². The largest absolute Gasteiger partial charge is 0.472 e. The van der Waals surface area contributed by atoms with E-state index >= 15 is 0 Å². The fraction of sp³-hybridized carbons (Fsp3) is 0.273. The van der Waals surface area contributed by atoms with Gasteiger partial charge in [-0.1, -0.05) is 6.07 Å². The molecule has 4 nitrogen and oxygen atoms in total. The van der Waals surface area contributed by atoms with Crippen LogP contribution in [0.15, 0.2) is 40.5 Å². The summed E-state index contributed by atoms with van der Waals surface area (Å²) in [5, 5.41) is 1.94. The Morgan fingerprint density at radius 1 is 1.35 bits per heavy atom. The molecule has 0 fully saturated rings. The molecule has 2 rings (SSSR count). The third kappa shape index (κ3) is 3.42. The molecule has 0 atom stereocenters. The number of furan rings is 1. The second kappa shape index (κ2) is 5.03. The minimum atomic E-state index is -3.22. The Bertz CT molecular complexity index is 507. The van der Waals surface area contributed by atoms with E-state index in [9.17, 15) is 8.42 Å². The van der Waals surface area contributed by atoms with Crippen LogP contribution in [0.4, 0.5) is 0 Å². The Morgan fingerprint density at radius 2 is 2.18 bits per heavy atom. The van der Waals surface area contributed by atoms with Crippen molar-refractivity contribution < 1.29 is 12.8 Å². The lowest BCUT2D eigenvalue weighted by molar-refractivity contribution is 0.406. The zero-order chi connectivity index (χ0) is 12.3. The Hall–Kier alpha value is -1.11. The number of sulfonamides is 1. The van der Waals surface area contributed by atoms with Crippen LogP contribution in [0.1, 0.15) is 10.4 Å². The average Bonchev–Trinajstić information content (AvgIpc) is 2.87. The molecule has 0 aliphatic carbocycles. The van der Waals surface area contributed by atoms with Crippen molar-refractivity contribution in [3.63, 3.8) is 0 Å². The molecule has 0 saturated heterocycles. The van der Waals surface area contributed by atoms with E-state index in [4.69, 9.17) is 4.42 Å². The van der Waals surface area contributed by atoms with Crippen LogP contribution in [0.5, 0.6) is 0 Å². The topological polar surface area (TPSA) is 50.5 Å². The van der Waals surface area contributed by atoms with Gasteiger partial charge in [0.1, 0.15) is 0 Å². The van der Waals surface area contributed by atoms with Crippen molar-refractivity contribution in [2.45, 2.75) is 13.1 Å². The van der Waals surface area contributed by atoms with Gasteiger partial charge in [-0.2, -0.15) is 4.31 Å². The number of nitrogens with zero attached hydrogens (tertiary/aromatic N) is 1. The molecule has 92 valence electrons. The van der Waals surface area contributed by atoms with Crippen LogP contribution in [0, 0.1) is 0 Å². The summed E-state index contributed by atoms with van der Waals surface area (Å²) in [4.78, 5) is 1.03. The van der Waals surface area contributed by atoms with E-state index in [1.165, 1.54) is 10.6 Å². The van der Waals surface area contributed by atoms with E-state index in [-0.39, 0.29) is 0 Å². The molecule has 0 spiro atoms. The summed E-state index contributed by atoms with van der Waals surface area (Å²) in [6.07, 6.45) is 4.33. The Balaban J connectivity index is 2.15. The molecular formula is C11H13NO3S2. The maximum atomic E-state index is 11.7. The molecule has 17 heavy (non-hydrogen) atoms. The van der Waals surface area contributed by atoms with Crippen LogP contribution in [0.2, 0.25) is 0 Å². The van der Waals surface area contributed by atoms with Crippen molar-refractivity contribution in [2.75, 3.05) is 6.26 Å². The fourth-order valence-corrected chi connectivity index (χ4v) is 3.01. The van der Waals surface area contributed by atoms with Gasteiger partial charge in [-0.3, -0.25) is 0 Å². The van der Waals surface area contributed by atoms with Crippen molar-refractivity contribution in [1.29, 1.82) is 0 Å². The predicted molar refractivity (Wildman–Crippen MR) is 67.1 cm³/mol. The highest BCUT2D eigenvalue weighted by Gasteiger charge is 2.18. The summed E-state index contributed by atoms with van der Waals surface area (Å²) in [5.74, 6) is 0. The van der Waals surface area contributed by atoms with Gasteiger partial charge in [0.15, 0.2) is 0 Å². The molecular weight excluding hydrogens is 258 g/mol. The first-order valence-corrected chi connectivity index (χ1v) is 7.77. The van der Waals surface area contributed by atoms with Crippen molar-refractivity contribution in [3.05, 3.63) is 46.5 Å². The molecule has 0 bridgehead atoms. The number of thiophene rings is 1. The van der Waals surface area contributed by atoms with E-state index in [0.29, 0.717) is 13.1 Å². The smallest absolute Gasteiger partial charge is 0.211 e. The molecule has 2 aromatic heterocycles. The van der Waals surface area contributed by atoms with Gasteiger partial charge in [0.25, 0.3) is 0 Å². The quantitative estimate of drug-likeness (QED) is 0.838. The SMILES string of the molecule is CS(=O)(=O)N(Cc1ccoc1)Cc1cccs1. The first kappa shape index (κ1) is 12.3. The zero-order valence-electron chi connectivity index (χ0n) is 9.37. The van der Waals surface area contributed by atoms with Crippen LogP contribution in [-0.2, 0) is 23.1 Å². The maximum Gasteiger partial charge on any atom is 0.211 e. The molecule has 0 aromatic carbocycles. The van der Waals surface area contributed by atoms with Gasteiger partial charge >= 0.3 is 0 Å². The van der Waals surface area contributed by atoms with E-state index < -0.39 is 10.0 Å². The zero-order valence-corrected chi connectivity index (χ0v) is 11.0. The van der Waals surface area contributed by atoms with Gasteiger partial charge in [0, 0.05) is 23.5 Å². The molecule has 2 heterocycles. The van der Waals surface area contributed by atoms with E-state index in [1.54, 1.807) is 29.9 Å². The Kier molecular flexibility index (Phi) is 3.66. The van der Waals surface area contributed by atoms with Crippen LogP contribution in [0.25, 0.3) is 0 Å². The van der Waals surface area contributed by atoms with Gasteiger partial charge in [-0.15, -0.1) is 11.3 Å². The number of hydrogen-bond acceptors (Lipinski definition) is 4. The fourth-order valence-electron chi connectivity index (χ4n) is 1.45. The summed E-state index contributed by atoms with van der Waals surface area (Å²) >= 11 is 1.55. The summed E-state index contributed by atoms with van der Waals surface area (Å²) in [6, 6.07) is 5.61. The van der Waals surface area contributed by atoms with Gasteiger partial charge < -0.3 is 4.42 Å². The van der Waals surface area contributed by atoms with E-state index in [1.807, 2.05) is 17.5 Å². The van der Waals surface area contributed by atoms with Gasteiger partial charge in [0.2, 0.25) is 10.0 Å². The molecule has 2 aromatic rings. The van der Waals surface area contributed by atoms with Crippen LogP contribution >= 0.6 is 11.3 Å². The van der Waals surface area contributed by atoms with Crippen molar-refractivity contribution in [1.82, 2.24) is 4.31 Å². The van der Waals surface area contributed by atoms with Gasteiger partial charge in [-0.25, -0.2) is 8.42 Å². The summed E-state index contributed by atoms with van der Waals surface area (Å²) < 4.78 is 29.7. The highest BCUT2D eigenvalue weighted by Crippen LogP contribution is 2.17. The van der Waals surface area contributed by atoms with Crippen LogP contribution < -0.4 is 0 Å². The highest BCUT2D eigenvalue weighted by atomic mass is 32.2. The maximum absolute atomic E-state index is 11.7. The third-order valence-electron chi connectivity index (χ3n) is 2.32. The molecule has 0 aliphatic heterocycles. The lowest BCUT2D eigenvalue weighted by Gasteiger charge is -2.18. The third-order valence-corrected chi connectivity index (χ3v) is 4.38. The standard InChI is InChI=1S/C11H13NO3S2/c1-17(13,14)12(7-10-4-5-15-9-10)8-11-3-2-6-16-11/h2-6,9H,7-8H2,1H3. The molecule has 0 N–H and O–H groups in total. The average molecular weight is 271 g/mol. The van der Waals surface area contributed by atoms with Gasteiger partial charge in [0.05, 0.1) is 18.8 Å². The molecule has 0 saturated carbocycles. The van der Waals surface area contributed by atoms with Crippen molar-refractivity contribution in [2.24, 2.45) is 0 Å². The van der Waals surface area contributed by atoms with Crippen molar-refractivity contribution >= 4 is 21.4 Å². The molecule has 0 aliphatic rings. The predicted octanol–water partition coefficient (Wildman–Crippen LogP) is 2.30. The summed E-state index contributed by atoms with van der Waals surface area (Å²) in [6.45, 7) is 0.745. The first-order chi connectivity index (χ1) is 8.05. The van der Waals surface area contributed by atoms with Crippen LogP contribution in [-0.4, -0.2) is 19.0 Å². The van der Waals surface area contributed by atoms with E-state index in [0.717, 1.165) is 10.4 Å². The lowest BCUT2D eigenvalue weighted by atomic mass is 10.3. The Morgan fingerprint density at radius 3 is 2.71 bits per heavy atom. The second-order valence-electron chi connectivity index (χ2n) is 3.74. The number of rotatable bonds is 5. The number of hydrogen-bond donors (Lipinski definition) is 0. The minimum Gasteiger partial charge on any atom is -0.472 e. The molecule has 6 heteroatoms. The van der Waals surface area contributed by atoms with Gasteiger partial charge in [-0.05, 0) is 17.5 Å². The lowest BCUT2D eigenvalue weighted by Crippen LogP contribution is -2.28. The monoisotopic (exact) mass is 271 g/mol. The van der Waals surface area contributed by atoms with E-state index in [2.05, 4.69) is 0 Å². The van der Waals surface area contributed by atoms with Crippen LogP contribution in [0.3, 0.4) is 0 Å². The normalized spacial score (nSPS) is 12.1. The summed E-state index contributed by atoms with van der Waals surface area (Å²) in [7, 11) is -3.22. The molecule has 0 unspecified atom stereocenters. The minimum absolute atomic E-state index is 0.341. The van der Waals surface area contributed by atoms with Crippen molar-refractivity contribution in [3.8, 4) is 0 Å².